The second-order valence-corrected chi connectivity index (χ2v) is 4.80. The lowest BCUT2D eigenvalue weighted by Crippen LogP contribution is -2.59. The van der Waals surface area contributed by atoms with Gasteiger partial charge < -0.3 is 15.3 Å². The Labute approximate surface area is 100 Å². The molecule has 4 heteroatoms. The maximum atomic E-state index is 12.1. The van der Waals surface area contributed by atoms with Crippen molar-refractivity contribution in [2.24, 2.45) is 0 Å². The van der Waals surface area contributed by atoms with Crippen LogP contribution < -0.4 is 5.32 Å². The van der Waals surface area contributed by atoms with Crippen molar-refractivity contribution in [1.29, 1.82) is 0 Å². The van der Waals surface area contributed by atoms with E-state index in [0.29, 0.717) is 13.1 Å². The zero-order valence-corrected chi connectivity index (χ0v) is 9.60. The van der Waals surface area contributed by atoms with E-state index in [0.717, 1.165) is 13.0 Å². The molecule has 0 bridgehead atoms. The van der Waals surface area contributed by atoms with Gasteiger partial charge in [0.25, 0.3) is 0 Å². The number of carbonyl (C=O) groups is 1. The van der Waals surface area contributed by atoms with Gasteiger partial charge in [0.05, 0.1) is 12.1 Å². The molecule has 1 fully saturated rings. The monoisotopic (exact) mass is 232 g/mol. The molecule has 0 aliphatic carbocycles. The minimum Gasteiger partial charge on any atom is -0.389 e. The van der Waals surface area contributed by atoms with Gasteiger partial charge in [-0.25, -0.2) is 0 Å². The van der Waals surface area contributed by atoms with Gasteiger partial charge in [0.2, 0.25) is 5.91 Å². The van der Waals surface area contributed by atoms with Crippen LogP contribution in [-0.4, -0.2) is 41.1 Å². The number of aliphatic hydroxyl groups excluding tert-OH is 1. The molecule has 1 saturated heterocycles. The number of aliphatic hydroxyl groups is 1. The fraction of sp³-hybridized carbons (Fsp3) is 0.462. The van der Waals surface area contributed by atoms with Crippen molar-refractivity contribution in [3.8, 4) is 0 Å². The highest BCUT2D eigenvalue weighted by molar-refractivity contribution is 5.83. The number of likely N-dealkylation sites (tertiary alicyclic amines) is 1. The van der Waals surface area contributed by atoms with Gasteiger partial charge >= 0.3 is 0 Å². The molecule has 0 saturated carbocycles. The summed E-state index contributed by atoms with van der Waals surface area (Å²) in [6, 6.07) is 8.09. The molecule has 1 atom stereocenters. The van der Waals surface area contributed by atoms with E-state index in [9.17, 15) is 9.90 Å². The van der Waals surface area contributed by atoms with Crippen molar-refractivity contribution in [3.63, 3.8) is 0 Å². The van der Waals surface area contributed by atoms with E-state index >= 15 is 0 Å². The molecular formula is C13H16N2O2. The smallest absolute Gasteiger partial charge is 0.240 e. The molecule has 17 heavy (non-hydrogen) atoms. The Kier molecular flexibility index (Phi) is 2.61. The summed E-state index contributed by atoms with van der Waals surface area (Å²) < 4.78 is 0. The third-order valence-electron chi connectivity index (χ3n) is 3.55. The number of nitrogens with zero attached hydrogens (tertiary/aromatic N) is 1. The molecule has 0 spiro atoms. The Bertz CT molecular complexity index is 441. The van der Waals surface area contributed by atoms with Crippen LogP contribution in [0.4, 0.5) is 0 Å². The van der Waals surface area contributed by atoms with E-state index in [1.807, 2.05) is 12.1 Å². The van der Waals surface area contributed by atoms with Gasteiger partial charge in [-0.1, -0.05) is 24.3 Å². The van der Waals surface area contributed by atoms with Crippen LogP contribution in [0.15, 0.2) is 24.3 Å². The Morgan fingerprint density at radius 3 is 2.71 bits per heavy atom. The molecule has 1 aromatic rings. The average molecular weight is 232 g/mol. The summed E-state index contributed by atoms with van der Waals surface area (Å²) in [6.45, 7) is 1.72. The summed E-state index contributed by atoms with van der Waals surface area (Å²) in [5.41, 5.74) is 2.53. The van der Waals surface area contributed by atoms with Crippen LogP contribution in [0.5, 0.6) is 0 Å². The van der Waals surface area contributed by atoms with Crippen molar-refractivity contribution < 1.29 is 9.90 Å². The number of benzene rings is 1. The minimum atomic E-state index is -0.324. The first-order chi connectivity index (χ1) is 8.24. The predicted octanol–water partition coefficient (Wildman–Crippen LogP) is -0.0960. The molecule has 2 aliphatic rings. The van der Waals surface area contributed by atoms with E-state index in [-0.39, 0.29) is 18.1 Å². The summed E-state index contributed by atoms with van der Waals surface area (Å²) in [5, 5.41) is 12.5. The number of hydrogen-bond acceptors (Lipinski definition) is 3. The predicted molar refractivity (Wildman–Crippen MR) is 63.4 cm³/mol. The molecule has 1 unspecified atom stereocenters. The first-order valence-electron chi connectivity index (χ1n) is 6.01. The maximum absolute atomic E-state index is 12.1. The van der Waals surface area contributed by atoms with Crippen molar-refractivity contribution in [2.45, 2.75) is 25.1 Å². The molecule has 1 amide bonds. The molecule has 90 valence electrons. The third-order valence-corrected chi connectivity index (χ3v) is 3.55. The van der Waals surface area contributed by atoms with Crippen LogP contribution in [0.1, 0.15) is 11.1 Å². The average Bonchev–Trinajstić information content (AvgIpc) is 2.33. The standard InChI is InChI=1S/C13H16N2O2/c16-11-7-15(8-11)13(17)12-5-9-3-1-2-4-10(9)6-14-12/h1-4,11-12,14,16H,5-8H2. The third kappa shape index (κ3) is 1.94. The van der Waals surface area contributed by atoms with Crippen LogP contribution in [0.2, 0.25) is 0 Å². The van der Waals surface area contributed by atoms with E-state index in [2.05, 4.69) is 17.4 Å². The van der Waals surface area contributed by atoms with Crippen molar-refractivity contribution in [1.82, 2.24) is 10.2 Å². The summed E-state index contributed by atoms with van der Waals surface area (Å²) >= 11 is 0. The second kappa shape index (κ2) is 4.13. The van der Waals surface area contributed by atoms with Gasteiger partial charge in [0.15, 0.2) is 0 Å². The number of nitrogens with one attached hydrogen (secondary N) is 1. The lowest BCUT2D eigenvalue weighted by atomic mass is 9.94. The lowest BCUT2D eigenvalue weighted by molar-refractivity contribution is -0.143. The number of β-amino-alcohol motifs (C(OH)–C–C–N with tert-alkyl or cyclic N) is 1. The normalized spacial score (nSPS) is 24.1. The zero-order valence-electron chi connectivity index (χ0n) is 9.60. The van der Waals surface area contributed by atoms with Gasteiger partial charge in [-0.3, -0.25) is 4.79 Å². The first kappa shape index (κ1) is 10.7. The molecule has 0 radical (unpaired) electrons. The van der Waals surface area contributed by atoms with Crippen molar-refractivity contribution in [2.75, 3.05) is 13.1 Å². The van der Waals surface area contributed by atoms with Crippen LogP contribution in [0, 0.1) is 0 Å². The minimum absolute atomic E-state index is 0.116. The molecule has 2 heterocycles. The lowest BCUT2D eigenvalue weighted by Gasteiger charge is -2.39. The molecule has 4 nitrogen and oxygen atoms in total. The highest BCUT2D eigenvalue weighted by atomic mass is 16.3. The van der Waals surface area contributed by atoms with E-state index < -0.39 is 0 Å². The Morgan fingerprint density at radius 2 is 2.00 bits per heavy atom. The van der Waals surface area contributed by atoms with Crippen LogP contribution in [-0.2, 0) is 17.8 Å². The highest BCUT2D eigenvalue weighted by Crippen LogP contribution is 2.19. The molecule has 2 aliphatic heterocycles. The van der Waals surface area contributed by atoms with Crippen LogP contribution in [0.3, 0.4) is 0 Å². The molecule has 1 aromatic carbocycles. The highest BCUT2D eigenvalue weighted by Gasteiger charge is 2.34. The fourth-order valence-electron chi connectivity index (χ4n) is 2.48. The fourth-order valence-corrected chi connectivity index (χ4v) is 2.48. The van der Waals surface area contributed by atoms with E-state index in [4.69, 9.17) is 0 Å². The molecule has 0 aromatic heterocycles. The van der Waals surface area contributed by atoms with Gasteiger partial charge in [-0.05, 0) is 17.5 Å². The summed E-state index contributed by atoms with van der Waals surface area (Å²) in [6.07, 6.45) is 0.427. The van der Waals surface area contributed by atoms with E-state index in [1.54, 1.807) is 4.90 Å². The van der Waals surface area contributed by atoms with Crippen LogP contribution in [0.25, 0.3) is 0 Å². The molecule has 2 N–H and O–H groups in total. The first-order valence-corrected chi connectivity index (χ1v) is 6.01. The van der Waals surface area contributed by atoms with E-state index in [1.165, 1.54) is 11.1 Å². The number of hydrogen-bond donors (Lipinski definition) is 2. The number of rotatable bonds is 1. The Hall–Kier alpha value is -1.39. The largest absolute Gasteiger partial charge is 0.389 e. The van der Waals surface area contributed by atoms with Gasteiger partial charge in [-0.2, -0.15) is 0 Å². The topological polar surface area (TPSA) is 52.6 Å². The quantitative estimate of drug-likeness (QED) is 0.711. The van der Waals surface area contributed by atoms with Crippen LogP contribution >= 0.6 is 0 Å². The summed E-state index contributed by atoms with van der Waals surface area (Å²) in [7, 11) is 0. The number of carbonyl (C=O) groups excluding carboxylic acids is 1. The van der Waals surface area contributed by atoms with Crippen molar-refractivity contribution >= 4 is 5.91 Å². The maximum Gasteiger partial charge on any atom is 0.240 e. The second-order valence-electron chi connectivity index (χ2n) is 4.80. The number of amides is 1. The number of fused-ring (bicyclic) bond motifs is 1. The van der Waals surface area contributed by atoms with Crippen molar-refractivity contribution in [3.05, 3.63) is 35.4 Å². The zero-order chi connectivity index (χ0) is 11.8. The SMILES string of the molecule is O=C(C1Cc2ccccc2CN1)N1CC(O)C1. The Morgan fingerprint density at radius 1 is 1.29 bits per heavy atom. The summed E-state index contributed by atoms with van der Waals surface area (Å²) in [4.78, 5) is 13.8. The molecular weight excluding hydrogens is 216 g/mol. The molecule has 3 rings (SSSR count). The van der Waals surface area contributed by atoms with Gasteiger partial charge in [0, 0.05) is 19.6 Å². The van der Waals surface area contributed by atoms with Gasteiger partial charge in [0.1, 0.15) is 0 Å². The Balaban J connectivity index is 1.69. The summed E-state index contributed by atoms with van der Waals surface area (Å²) in [5.74, 6) is 0.116. The van der Waals surface area contributed by atoms with Gasteiger partial charge in [-0.15, -0.1) is 0 Å².